The lowest BCUT2D eigenvalue weighted by Gasteiger charge is -2.36. The van der Waals surface area contributed by atoms with E-state index in [0.29, 0.717) is 6.04 Å². The molecule has 2 unspecified atom stereocenters. The van der Waals surface area contributed by atoms with Crippen molar-refractivity contribution in [3.8, 4) is 0 Å². The van der Waals surface area contributed by atoms with Gasteiger partial charge in [0.1, 0.15) is 0 Å². The number of nitrogens with zero attached hydrogens (tertiary/aromatic N) is 2. The Morgan fingerprint density at radius 3 is 3.00 bits per heavy atom. The first kappa shape index (κ1) is 11.4. The minimum Gasteiger partial charge on any atom is -0.397 e. The van der Waals surface area contributed by atoms with Gasteiger partial charge in [0.25, 0.3) is 0 Å². The molecule has 0 spiro atoms. The van der Waals surface area contributed by atoms with Gasteiger partial charge in [-0.1, -0.05) is 6.92 Å². The second-order valence-electron chi connectivity index (χ2n) is 5.00. The quantitative estimate of drug-likeness (QED) is 0.829. The lowest BCUT2D eigenvalue weighted by Crippen LogP contribution is -2.40. The summed E-state index contributed by atoms with van der Waals surface area (Å²) in [6.07, 6.45) is 4.45. The van der Waals surface area contributed by atoms with E-state index in [1.807, 2.05) is 18.3 Å². The summed E-state index contributed by atoms with van der Waals surface area (Å²) in [6.45, 7) is 6.67. The van der Waals surface area contributed by atoms with Crippen molar-refractivity contribution in [3.05, 3.63) is 24.0 Å². The molecular weight excluding hydrogens is 198 g/mol. The minimum atomic E-state index is 0.651. The summed E-state index contributed by atoms with van der Waals surface area (Å²) in [7, 11) is 0. The molecule has 1 aliphatic heterocycles. The minimum absolute atomic E-state index is 0.651. The molecule has 2 heterocycles. The maximum atomic E-state index is 5.93. The van der Waals surface area contributed by atoms with Gasteiger partial charge in [-0.15, -0.1) is 0 Å². The Balaban J connectivity index is 2.06. The average Bonchev–Trinajstić information content (AvgIpc) is 2.27. The fraction of sp³-hybridized carbons (Fsp3) is 0.615. The summed E-state index contributed by atoms with van der Waals surface area (Å²) in [5.74, 6) is 0.793. The third-order valence-corrected chi connectivity index (χ3v) is 3.53. The van der Waals surface area contributed by atoms with E-state index in [1.165, 1.54) is 12.8 Å². The number of anilines is 1. The molecule has 2 atom stereocenters. The maximum absolute atomic E-state index is 5.93. The van der Waals surface area contributed by atoms with E-state index in [9.17, 15) is 0 Å². The van der Waals surface area contributed by atoms with Crippen LogP contribution in [-0.2, 0) is 6.54 Å². The van der Waals surface area contributed by atoms with Crippen LogP contribution in [0, 0.1) is 5.92 Å². The molecule has 2 rings (SSSR count). The topological polar surface area (TPSA) is 42.2 Å². The number of nitrogens with two attached hydrogens (primary N) is 1. The second-order valence-corrected chi connectivity index (χ2v) is 5.00. The highest BCUT2D eigenvalue weighted by Crippen LogP contribution is 2.23. The first-order valence-corrected chi connectivity index (χ1v) is 6.10. The van der Waals surface area contributed by atoms with Crippen LogP contribution in [0.1, 0.15) is 32.4 Å². The number of rotatable bonds is 2. The van der Waals surface area contributed by atoms with Gasteiger partial charge in [0.2, 0.25) is 0 Å². The number of hydrogen-bond acceptors (Lipinski definition) is 3. The highest BCUT2D eigenvalue weighted by atomic mass is 15.2. The van der Waals surface area contributed by atoms with Crippen molar-refractivity contribution in [1.82, 2.24) is 9.88 Å². The molecule has 0 bridgehead atoms. The van der Waals surface area contributed by atoms with Gasteiger partial charge in [-0.25, -0.2) is 0 Å². The van der Waals surface area contributed by atoms with Crippen LogP contribution < -0.4 is 5.73 Å². The number of nitrogen functional groups attached to an aromatic ring is 1. The summed E-state index contributed by atoms with van der Waals surface area (Å²) < 4.78 is 0. The molecule has 1 aliphatic rings. The van der Waals surface area contributed by atoms with E-state index in [0.717, 1.165) is 30.4 Å². The number of hydrogen-bond donors (Lipinski definition) is 1. The van der Waals surface area contributed by atoms with E-state index in [-0.39, 0.29) is 0 Å². The zero-order valence-corrected chi connectivity index (χ0v) is 10.2. The summed E-state index contributed by atoms with van der Waals surface area (Å²) in [5, 5.41) is 0. The SMILES string of the molecule is CC1CCC(C)N(Cc2ncccc2N)C1. The molecule has 3 heteroatoms. The molecule has 0 aromatic carbocycles. The van der Waals surface area contributed by atoms with Crippen molar-refractivity contribution in [1.29, 1.82) is 0 Å². The van der Waals surface area contributed by atoms with Crippen LogP contribution in [0.25, 0.3) is 0 Å². The zero-order chi connectivity index (χ0) is 11.5. The fourth-order valence-corrected chi connectivity index (χ4v) is 2.38. The van der Waals surface area contributed by atoms with E-state index < -0.39 is 0 Å². The van der Waals surface area contributed by atoms with Crippen molar-refractivity contribution in [2.24, 2.45) is 5.92 Å². The predicted molar refractivity (Wildman–Crippen MR) is 66.9 cm³/mol. The Morgan fingerprint density at radius 1 is 1.44 bits per heavy atom. The Labute approximate surface area is 97.7 Å². The lowest BCUT2D eigenvalue weighted by atomic mass is 9.95. The number of pyridine rings is 1. The molecule has 2 N–H and O–H groups in total. The summed E-state index contributed by atoms with van der Waals surface area (Å²) in [6, 6.07) is 4.47. The van der Waals surface area contributed by atoms with Gasteiger partial charge in [0.15, 0.2) is 0 Å². The van der Waals surface area contributed by atoms with Crippen molar-refractivity contribution in [2.45, 2.75) is 39.3 Å². The largest absolute Gasteiger partial charge is 0.397 e. The third kappa shape index (κ3) is 2.53. The number of aromatic nitrogens is 1. The van der Waals surface area contributed by atoms with Crippen molar-refractivity contribution >= 4 is 5.69 Å². The first-order chi connectivity index (χ1) is 7.66. The van der Waals surface area contributed by atoms with E-state index in [2.05, 4.69) is 23.7 Å². The lowest BCUT2D eigenvalue weighted by molar-refractivity contribution is 0.116. The standard InChI is InChI=1S/C13H21N3/c1-10-5-6-11(2)16(8-10)9-13-12(14)4-3-7-15-13/h3-4,7,10-11H,5-6,8-9,14H2,1-2H3. The Bertz CT molecular complexity index is 351. The highest BCUT2D eigenvalue weighted by molar-refractivity contribution is 5.41. The Hall–Kier alpha value is -1.09. The normalized spacial score (nSPS) is 26.9. The van der Waals surface area contributed by atoms with Gasteiger partial charge in [-0.05, 0) is 37.8 Å². The summed E-state index contributed by atoms with van der Waals surface area (Å²) >= 11 is 0. The monoisotopic (exact) mass is 219 g/mol. The predicted octanol–water partition coefficient (Wildman–Crippen LogP) is 2.28. The fourth-order valence-electron chi connectivity index (χ4n) is 2.38. The van der Waals surface area contributed by atoms with E-state index in [1.54, 1.807) is 0 Å². The van der Waals surface area contributed by atoms with Crippen LogP contribution in [0.3, 0.4) is 0 Å². The molecule has 3 nitrogen and oxygen atoms in total. The van der Waals surface area contributed by atoms with Gasteiger partial charge in [-0.3, -0.25) is 9.88 Å². The van der Waals surface area contributed by atoms with Gasteiger partial charge in [0.05, 0.1) is 11.4 Å². The summed E-state index contributed by atoms with van der Waals surface area (Å²) in [4.78, 5) is 6.86. The maximum Gasteiger partial charge on any atom is 0.0772 e. The van der Waals surface area contributed by atoms with Crippen molar-refractivity contribution < 1.29 is 0 Å². The van der Waals surface area contributed by atoms with E-state index >= 15 is 0 Å². The number of piperidine rings is 1. The molecule has 88 valence electrons. The van der Waals surface area contributed by atoms with Gasteiger partial charge < -0.3 is 5.73 Å². The molecule has 1 aromatic heterocycles. The third-order valence-electron chi connectivity index (χ3n) is 3.53. The van der Waals surface area contributed by atoms with Gasteiger partial charge >= 0.3 is 0 Å². The molecule has 16 heavy (non-hydrogen) atoms. The highest BCUT2D eigenvalue weighted by Gasteiger charge is 2.23. The first-order valence-electron chi connectivity index (χ1n) is 6.10. The molecule has 0 radical (unpaired) electrons. The van der Waals surface area contributed by atoms with Crippen molar-refractivity contribution in [2.75, 3.05) is 12.3 Å². The molecule has 1 saturated heterocycles. The van der Waals surface area contributed by atoms with Crippen LogP contribution in [0.5, 0.6) is 0 Å². The van der Waals surface area contributed by atoms with Gasteiger partial charge in [-0.2, -0.15) is 0 Å². The molecule has 0 saturated carbocycles. The molecule has 1 aromatic rings. The van der Waals surface area contributed by atoms with E-state index in [4.69, 9.17) is 5.73 Å². The van der Waals surface area contributed by atoms with Crippen LogP contribution >= 0.6 is 0 Å². The van der Waals surface area contributed by atoms with Crippen molar-refractivity contribution in [3.63, 3.8) is 0 Å². The smallest absolute Gasteiger partial charge is 0.0772 e. The van der Waals surface area contributed by atoms with Gasteiger partial charge in [0, 0.05) is 25.3 Å². The zero-order valence-electron chi connectivity index (χ0n) is 10.2. The second kappa shape index (κ2) is 4.83. The Kier molecular flexibility index (Phi) is 3.44. The average molecular weight is 219 g/mol. The number of likely N-dealkylation sites (tertiary alicyclic amines) is 1. The molecular formula is C13H21N3. The van der Waals surface area contributed by atoms with Crippen LogP contribution in [-0.4, -0.2) is 22.5 Å². The molecule has 0 amide bonds. The van der Waals surface area contributed by atoms with Crippen LogP contribution in [0.2, 0.25) is 0 Å². The summed E-state index contributed by atoms with van der Waals surface area (Å²) in [5.41, 5.74) is 7.76. The van der Waals surface area contributed by atoms with Crippen LogP contribution in [0.4, 0.5) is 5.69 Å². The Morgan fingerprint density at radius 2 is 2.25 bits per heavy atom. The molecule has 0 aliphatic carbocycles. The van der Waals surface area contributed by atoms with Crippen LogP contribution in [0.15, 0.2) is 18.3 Å². The molecule has 1 fully saturated rings.